The minimum Gasteiger partial charge on any atom is -0.390 e. The molecule has 0 amide bonds. The summed E-state index contributed by atoms with van der Waals surface area (Å²) in [6.07, 6.45) is -0.501. The standard InChI is InChI=1S/C13H26O4S/c1-4-7-18-8-10-9(5-2)11(14)12(15)13(17-10)16-6-3/h9-15H,4-8H2,1-3H3/t9?,10?,11?,12?,13-/m1/s1. The number of ether oxygens (including phenoxy) is 2. The highest BCUT2D eigenvalue weighted by Crippen LogP contribution is 2.31. The predicted molar refractivity (Wildman–Crippen MR) is 73.7 cm³/mol. The van der Waals surface area contributed by atoms with Gasteiger partial charge < -0.3 is 19.7 Å². The Kier molecular flexibility index (Phi) is 7.56. The molecule has 5 atom stereocenters. The molecule has 0 radical (unpaired) electrons. The molecule has 18 heavy (non-hydrogen) atoms. The summed E-state index contributed by atoms with van der Waals surface area (Å²) in [5.74, 6) is 1.93. The summed E-state index contributed by atoms with van der Waals surface area (Å²) in [6.45, 7) is 6.49. The summed E-state index contributed by atoms with van der Waals surface area (Å²) >= 11 is 1.83. The molecular formula is C13H26O4S. The summed E-state index contributed by atoms with van der Waals surface area (Å²) in [5.41, 5.74) is 0. The highest BCUT2D eigenvalue weighted by atomic mass is 32.2. The van der Waals surface area contributed by atoms with Crippen LogP contribution in [-0.4, -0.2) is 52.9 Å². The second kappa shape index (κ2) is 8.38. The molecule has 0 aromatic carbocycles. The number of hydrogen-bond donors (Lipinski definition) is 2. The van der Waals surface area contributed by atoms with E-state index in [0.717, 1.165) is 24.3 Å². The van der Waals surface area contributed by atoms with Gasteiger partial charge in [0.05, 0.1) is 12.2 Å². The molecule has 1 fully saturated rings. The first kappa shape index (κ1) is 16.2. The van der Waals surface area contributed by atoms with Crippen molar-refractivity contribution in [3.05, 3.63) is 0 Å². The van der Waals surface area contributed by atoms with Crippen molar-refractivity contribution in [2.75, 3.05) is 18.1 Å². The molecule has 1 rings (SSSR count). The lowest BCUT2D eigenvalue weighted by Gasteiger charge is -2.42. The van der Waals surface area contributed by atoms with Gasteiger partial charge in [-0.05, 0) is 25.5 Å². The summed E-state index contributed by atoms with van der Waals surface area (Å²) in [6, 6.07) is 0. The summed E-state index contributed by atoms with van der Waals surface area (Å²) in [5, 5.41) is 20.1. The number of thioether (sulfide) groups is 1. The number of hydrogen-bond acceptors (Lipinski definition) is 5. The van der Waals surface area contributed by atoms with Gasteiger partial charge in [-0.15, -0.1) is 0 Å². The van der Waals surface area contributed by atoms with Crippen LogP contribution in [0.5, 0.6) is 0 Å². The van der Waals surface area contributed by atoms with E-state index in [1.165, 1.54) is 0 Å². The lowest BCUT2D eigenvalue weighted by Crippen LogP contribution is -2.55. The SMILES string of the molecule is CCCSCC1O[C@@H](OCC)C(O)C(O)C1CC. The Labute approximate surface area is 114 Å². The quantitative estimate of drug-likeness (QED) is 0.693. The van der Waals surface area contributed by atoms with Crippen molar-refractivity contribution in [3.8, 4) is 0 Å². The van der Waals surface area contributed by atoms with Gasteiger partial charge in [-0.3, -0.25) is 0 Å². The number of aliphatic hydroxyl groups excluding tert-OH is 2. The van der Waals surface area contributed by atoms with Crippen LogP contribution in [0.25, 0.3) is 0 Å². The van der Waals surface area contributed by atoms with E-state index in [1.54, 1.807) is 0 Å². The predicted octanol–water partition coefficient (Wildman–Crippen LogP) is 1.64. The van der Waals surface area contributed by atoms with Crippen molar-refractivity contribution in [1.29, 1.82) is 0 Å². The van der Waals surface area contributed by atoms with Crippen molar-refractivity contribution >= 4 is 11.8 Å². The fraction of sp³-hybridized carbons (Fsp3) is 1.00. The van der Waals surface area contributed by atoms with Gasteiger partial charge in [0.25, 0.3) is 0 Å². The third-order valence-electron chi connectivity index (χ3n) is 3.29. The highest BCUT2D eigenvalue weighted by molar-refractivity contribution is 7.99. The van der Waals surface area contributed by atoms with Crippen molar-refractivity contribution in [3.63, 3.8) is 0 Å². The molecule has 0 aromatic heterocycles. The molecule has 1 aliphatic heterocycles. The Morgan fingerprint density at radius 2 is 1.89 bits per heavy atom. The maximum atomic E-state index is 10.1. The normalized spacial score (nSPS) is 36.8. The van der Waals surface area contributed by atoms with Gasteiger partial charge in [0.2, 0.25) is 0 Å². The molecule has 0 aliphatic carbocycles. The molecule has 1 aliphatic rings. The summed E-state index contributed by atoms with van der Waals surface area (Å²) in [4.78, 5) is 0. The zero-order valence-corrected chi connectivity index (χ0v) is 12.4. The van der Waals surface area contributed by atoms with Gasteiger partial charge >= 0.3 is 0 Å². The van der Waals surface area contributed by atoms with Gasteiger partial charge in [-0.25, -0.2) is 0 Å². The first-order valence-corrected chi connectivity index (χ1v) is 8.02. The van der Waals surface area contributed by atoms with Crippen LogP contribution in [0, 0.1) is 5.92 Å². The van der Waals surface area contributed by atoms with Crippen molar-refractivity contribution < 1.29 is 19.7 Å². The van der Waals surface area contributed by atoms with Crippen LogP contribution in [0.4, 0.5) is 0 Å². The molecule has 4 unspecified atom stereocenters. The van der Waals surface area contributed by atoms with Gasteiger partial charge in [0.15, 0.2) is 6.29 Å². The first-order valence-electron chi connectivity index (χ1n) is 6.86. The third kappa shape index (κ3) is 4.10. The van der Waals surface area contributed by atoms with Crippen LogP contribution in [0.15, 0.2) is 0 Å². The van der Waals surface area contributed by atoms with Gasteiger partial charge in [-0.1, -0.05) is 13.8 Å². The zero-order chi connectivity index (χ0) is 13.5. The topological polar surface area (TPSA) is 58.9 Å². The molecule has 0 bridgehead atoms. The molecule has 1 heterocycles. The van der Waals surface area contributed by atoms with Crippen molar-refractivity contribution in [2.24, 2.45) is 5.92 Å². The fourth-order valence-electron chi connectivity index (χ4n) is 2.30. The van der Waals surface area contributed by atoms with E-state index in [1.807, 2.05) is 25.6 Å². The maximum absolute atomic E-state index is 10.1. The molecule has 2 N–H and O–H groups in total. The van der Waals surface area contributed by atoms with Crippen LogP contribution in [0.2, 0.25) is 0 Å². The van der Waals surface area contributed by atoms with Crippen LogP contribution in [-0.2, 0) is 9.47 Å². The second-order valence-corrected chi connectivity index (χ2v) is 5.78. The Bertz CT molecular complexity index is 225. The molecule has 0 aromatic rings. The molecule has 108 valence electrons. The second-order valence-electron chi connectivity index (χ2n) is 4.63. The largest absolute Gasteiger partial charge is 0.390 e. The molecule has 0 spiro atoms. The fourth-order valence-corrected chi connectivity index (χ4v) is 3.31. The average Bonchev–Trinajstić information content (AvgIpc) is 2.36. The Balaban J connectivity index is 2.60. The van der Waals surface area contributed by atoms with Crippen LogP contribution in [0.1, 0.15) is 33.6 Å². The Morgan fingerprint density at radius 1 is 1.17 bits per heavy atom. The van der Waals surface area contributed by atoms with E-state index in [2.05, 4.69) is 6.92 Å². The molecule has 5 heteroatoms. The molecule has 1 saturated heterocycles. The maximum Gasteiger partial charge on any atom is 0.186 e. The minimum atomic E-state index is -0.942. The highest BCUT2D eigenvalue weighted by Gasteiger charge is 2.43. The minimum absolute atomic E-state index is 0.0129. The lowest BCUT2D eigenvalue weighted by molar-refractivity contribution is -0.280. The third-order valence-corrected chi connectivity index (χ3v) is 4.55. The van der Waals surface area contributed by atoms with Crippen molar-refractivity contribution in [1.82, 2.24) is 0 Å². The smallest absolute Gasteiger partial charge is 0.186 e. The van der Waals surface area contributed by atoms with E-state index in [0.29, 0.717) is 6.61 Å². The van der Waals surface area contributed by atoms with Crippen molar-refractivity contribution in [2.45, 2.75) is 58.2 Å². The van der Waals surface area contributed by atoms with E-state index in [4.69, 9.17) is 9.47 Å². The van der Waals surface area contributed by atoms with Crippen LogP contribution < -0.4 is 0 Å². The number of rotatable bonds is 7. The Morgan fingerprint density at radius 3 is 2.44 bits per heavy atom. The van der Waals surface area contributed by atoms with E-state index in [-0.39, 0.29) is 12.0 Å². The van der Waals surface area contributed by atoms with Gasteiger partial charge in [-0.2, -0.15) is 11.8 Å². The van der Waals surface area contributed by atoms with Crippen LogP contribution in [0.3, 0.4) is 0 Å². The molecule has 4 nitrogen and oxygen atoms in total. The summed E-state index contributed by atoms with van der Waals surface area (Å²) < 4.78 is 11.2. The molecule has 0 saturated carbocycles. The molecular weight excluding hydrogens is 252 g/mol. The average molecular weight is 278 g/mol. The Hall–Kier alpha value is 0.190. The van der Waals surface area contributed by atoms with Gasteiger partial charge in [0, 0.05) is 18.3 Å². The van der Waals surface area contributed by atoms with E-state index in [9.17, 15) is 10.2 Å². The number of aliphatic hydroxyl groups is 2. The van der Waals surface area contributed by atoms with Gasteiger partial charge in [0.1, 0.15) is 6.10 Å². The zero-order valence-electron chi connectivity index (χ0n) is 11.5. The monoisotopic (exact) mass is 278 g/mol. The lowest BCUT2D eigenvalue weighted by atomic mass is 9.87. The summed E-state index contributed by atoms with van der Waals surface area (Å²) in [7, 11) is 0. The van der Waals surface area contributed by atoms with E-state index >= 15 is 0 Å². The van der Waals surface area contributed by atoms with Crippen LogP contribution >= 0.6 is 11.8 Å². The first-order chi connectivity index (χ1) is 8.65. The van der Waals surface area contributed by atoms with E-state index < -0.39 is 18.5 Å².